The summed E-state index contributed by atoms with van der Waals surface area (Å²) in [5, 5.41) is 12.6. The second-order valence-electron chi connectivity index (χ2n) is 9.29. The van der Waals surface area contributed by atoms with E-state index in [4.69, 9.17) is 0 Å². The molecule has 1 saturated carbocycles. The van der Waals surface area contributed by atoms with Crippen molar-refractivity contribution in [2.75, 3.05) is 6.54 Å². The van der Waals surface area contributed by atoms with Gasteiger partial charge in [-0.15, -0.1) is 0 Å². The summed E-state index contributed by atoms with van der Waals surface area (Å²) < 4.78 is 0. The maximum Gasteiger partial charge on any atom is 0.318 e. The minimum atomic E-state index is -0.960. The van der Waals surface area contributed by atoms with Crippen molar-refractivity contribution in [1.29, 1.82) is 0 Å². The van der Waals surface area contributed by atoms with Crippen molar-refractivity contribution in [2.45, 2.75) is 83.5 Å². The quantitative estimate of drug-likeness (QED) is 0.693. The molecule has 0 radical (unpaired) electrons. The lowest BCUT2D eigenvalue weighted by Gasteiger charge is -2.46. The first-order valence-electron chi connectivity index (χ1n) is 11.5. The van der Waals surface area contributed by atoms with Crippen LogP contribution in [0.15, 0.2) is 30.3 Å². The number of hydrogen-bond acceptors (Lipinski definition) is 3. The largest absolute Gasteiger partial charge is 0.481 e. The highest BCUT2D eigenvalue weighted by Crippen LogP contribution is 2.27. The van der Waals surface area contributed by atoms with Gasteiger partial charge in [0.1, 0.15) is 6.04 Å². The molecule has 7 nitrogen and oxygen atoms in total. The van der Waals surface area contributed by atoms with Gasteiger partial charge < -0.3 is 20.2 Å². The molecule has 1 saturated heterocycles. The molecule has 1 aromatic carbocycles. The molecule has 1 aromatic rings. The third-order valence-corrected chi connectivity index (χ3v) is 6.25. The smallest absolute Gasteiger partial charge is 0.318 e. The molecule has 3 amide bonds. The fourth-order valence-electron chi connectivity index (χ4n) is 4.79. The average Bonchev–Trinajstić information content (AvgIpc) is 2.72. The highest BCUT2D eigenvalue weighted by atomic mass is 16.4. The lowest BCUT2D eigenvalue weighted by molar-refractivity contribution is -0.148. The van der Waals surface area contributed by atoms with E-state index in [-0.39, 0.29) is 36.9 Å². The molecule has 7 heteroatoms. The fourth-order valence-corrected chi connectivity index (χ4v) is 4.79. The molecule has 0 unspecified atom stereocenters. The molecule has 1 heterocycles. The highest BCUT2D eigenvalue weighted by molar-refractivity contribution is 5.89. The molecule has 2 atom stereocenters. The summed E-state index contributed by atoms with van der Waals surface area (Å²) in [7, 11) is 0. The predicted molar refractivity (Wildman–Crippen MR) is 118 cm³/mol. The number of carboxylic acids is 1. The van der Waals surface area contributed by atoms with Gasteiger partial charge >= 0.3 is 12.0 Å². The number of nitrogens with one attached hydrogen (secondary N) is 1. The molecule has 1 aliphatic heterocycles. The summed E-state index contributed by atoms with van der Waals surface area (Å²) in [5.74, 6) is -0.864. The van der Waals surface area contributed by atoms with Gasteiger partial charge in [-0.25, -0.2) is 4.79 Å². The first kappa shape index (κ1) is 23.1. The van der Waals surface area contributed by atoms with Crippen LogP contribution in [-0.4, -0.2) is 57.5 Å². The van der Waals surface area contributed by atoms with Crippen LogP contribution in [0.4, 0.5) is 4.79 Å². The van der Waals surface area contributed by atoms with Gasteiger partial charge in [0, 0.05) is 19.1 Å². The normalized spacial score (nSPS) is 22.6. The molecule has 0 spiro atoms. The van der Waals surface area contributed by atoms with Gasteiger partial charge in [0.15, 0.2) is 0 Å². The van der Waals surface area contributed by atoms with Crippen LogP contribution in [-0.2, 0) is 16.1 Å². The number of urea groups is 1. The number of carbonyl (C=O) groups excluding carboxylic acids is 2. The number of nitrogens with zero attached hydrogens (tertiary/aromatic N) is 2. The number of rotatable bonds is 7. The Morgan fingerprint density at radius 2 is 1.81 bits per heavy atom. The van der Waals surface area contributed by atoms with E-state index in [1.807, 2.05) is 44.2 Å². The van der Waals surface area contributed by atoms with E-state index < -0.39 is 18.1 Å². The third-order valence-electron chi connectivity index (χ3n) is 6.25. The van der Waals surface area contributed by atoms with E-state index in [9.17, 15) is 19.5 Å². The van der Waals surface area contributed by atoms with Crippen LogP contribution in [0.2, 0.25) is 0 Å². The topological polar surface area (TPSA) is 90.0 Å². The van der Waals surface area contributed by atoms with Gasteiger partial charge in [0.25, 0.3) is 0 Å². The maximum atomic E-state index is 13.5. The molecule has 3 rings (SSSR count). The van der Waals surface area contributed by atoms with Crippen LogP contribution >= 0.6 is 0 Å². The molecular formula is C24H35N3O4. The molecule has 0 aromatic heterocycles. The van der Waals surface area contributed by atoms with Crippen molar-refractivity contribution in [2.24, 2.45) is 5.92 Å². The monoisotopic (exact) mass is 429 g/mol. The zero-order valence-corrected chi connectivity index (χ0v) is 18.6. The van der Waals surface area contributed by atoms with Gasteiger partial charge in [0.05, 0.1) is 12.5 Å². The molecule has 0 bridgehead atoms. The molecule has 170 valence electrons. The first-order chi connectivity index (χ1) is 14.8. The van der Waals surface area contributed by atoms with Gasteiger partial charge in [-0.1, -0.05) is 63.4 Å². The maximum absolute atomic E-state index is 13.5. The van der Waals surface area contributed by atoms with Crippen LogP contribution < -0.4 is 5.32 Å². The number of piperazine rings is 1. The zero-order valence-electron chi connectivity index (χ0n) is 18.6. The van der Waals surface area contributed by atoms with E-state index in [0.29, 0.717) is 13.0 Å². The number of aliphatic carboxylic acids is 1. The van der Waals surface area contributed by atoms with Crippen LogP contribution in [0.25, 0.3) is 0 Å². The molecule has 1 aliphatic carbocycles. The van der Waals surface area contributed by atoms with E-state index in [1.54, 1.807) is 9.80 Å². The van der Waals surface area contributed by atoms with Gasteiger partial charge in [0.2, 0.25) is 5.91 Å². The average molecular weight is 430 g/mol. The van der Waals surface area contributed by atoms with Crippen molar-refractivity contribution < 1.29 is 19.5 Å². The zero-order chi connectivity index (χ0) is 22.4. The molecule has 2 fully saturated rings. The SMILES string of the molecule is CC(C)C[C@H]1C(=O)N(Cc2ccccc2)C[C@H](CC(=O)O)N1C(=O)NC1CCCCC1. The second-order valence-corrected chi connectivity index (χ2v) is 9.29. The van der Waals surface area contributed by atoms with Crippen molar-refractivity contribution in [3.05, 3.63) is 35.9 Å². The summed E-state index contributed by atoms with van der Waals surface area (Å²) in [4.78, 5) is 41.7. The van der Waals surface area contributed by atoms with Gasteiger partial charge in [-0.05, 0) is 30.7 Å². The van der Waals surface area contributed by atoms with Crippen molar-refractivity contribution in [1.82, 2.24) is 15.1 Å². The Bertz CT molecular complexity index is 761. The fraction of sp³-hybridized carbons (Fsp3) is 0.625. The van der Waals surface area contributed by atoms with Crippen LogP contribution in [0, 0.1) is 5.92 Å². The van der Waals surface area contributed by atoms with E-state index in [0.717, 1.165) is 31.2 Å². The first-order valence-corrected chi connectivity index (χ1v) is 11.5. The Balaban J connectivity index is 1.84. The summed E-state index contributed by atoms with van der Waals surface area (Å²) in [6.07, 6.45) is 5.56. The van der Waals surface area contributed by atoms with Crippen molar-refractivity contribution in [3.63, 3.8) is 0 Å². The highest BCUT2D eigenvalue weighted by Gasteiger charge is 2.44. The second kappa shape index (κ2) is 10.6. The van der Waals surface area contributed by atoms with Crippen molar-refractivity contribution in [3.8, 4) is 0 Å². The van der Waals surface area contributed by atoms with E-state index in [2.05, 4.69) is 5.32 Å². The number of hydrogen-bond donors (Lipinski definition) is 2. The minimum Gasteiger partial charge on any atom is -0.481 e. The Morgan fingerprint density at radius 3 is 2.42 bits per heavy atom. The Kier molecular flexibility index (Phi) is 7.93. The van der Waals surface area contributed by atoms with Gasteiger partial charge in [-0.2, -0.15) is 0 Å². The summed E-state index contributed by atoms with van der Waals surface area (Å²) in [6.45, 7) is 4.69. The Hall–Kier alpha value is -2.57. The number of carboxylic acid groups (broad SMARTS) is 1. The Morgan fingerprint density at radius 1 is 1.13 bits per heavy atom. The molecule has 2 aliphatic rings. The summed E-state index contributed by atoms with van der Waals surface area (Å²) in [6, 6.07) is 8.30. The summed E-state index contributed by atoms with van der Waals surface area (Å²) in [5.41, 5.74) is 0.994. The molecule has 2 N–H and O–H groups in total. The van der Waals surface area contributed by atoms with Crippen LogP contribution in [0.1, 0.15) is 64.4 Å². The minimum absolute atomic E-state index is 0.0991. The standard InChI is InChI=1S/C24H35N3O4/c1-17(2)13-21-23(30)26(15-18-9-5-3-6-10-18)16-20(14-22(28)29)27(21)24(31)25-19-11-7-4-8-12-19/h3,5-6,9-10,17,19-21H,4,7-8,11-16H2,1-2H3,(H,25,31)(H,28,29)/t20-,21-/m0/s1. The predicted octanol–water partition coefficient (Wildman–Crippen LogP) is 3.63. The van der Waals surface area contributed by atoms with E-state index >= 15 is 0 Å². The summed E-state index contributed by atoms with van der Waals surface area (Å²) >= 11 is 0. The third kappa shape index (κ3) is 6.21. The number of carbonyl (C=O) groups is 3. The molecule has 31 heavy (non-hydrogen) atoms. The van der Waals surface area contributed by atoms with E-state index in [1.165, 1.54) is 6.42 Å². The van der Waals surface area contributed by atoms with Crippen molar-refractivity contribution >= 4 is 17.9 Å². The van der Waals surface area contributed by atoms with Crippen LogP contribution in [0.3, 0.4) is 0 Å². The number of amides is 3. The van der Waals surface area contributed by atoms with Crippen LogP contribution in [0.5, 0.6) is 0 Å². The lowest BCUT2D eigenvalue weighted by Crippen LogP contribution is -2.66. The Labute approximate surface area is 184 Å². The number of benzene rings is 1. The lowest BCUT2D eigenvalue weighted by atomic mass is 9.94. The van der Waals surface area contributed by atoms with Gasteiger partial charge in [-0.3, -0.25) is 9.59 Å². The molecular weight excluding hydrogens is 394 g/mol.